The summed E-state index contributed by atoms with van der Waals surface area (Å²) in [5.74, 6) is -0.423. The molecular weight excluding hydrogens is 245 g/mol. The van der Waals surface area contributed by atoms with Crippen LogP contribution in [0.4, 0.5) is 14.9 Å². The summed E-state index contributed by atoms with van der Waals surface area (Å²) in [7, 11) is 2.11. The first-order chi connectivity index (χ1) is 9.16. The number of urea groups is 1. The van der Waals surface area contributed by atoms with Crippen LogP contribution in [0, 0.1) is 5.82 Å². The first kappa shape index (κ1) is 13.8. The molecule has 104 valence electrons. The van der Waals surface area contributed by atoms with E-state index in [0.29, 0.717) is 12.6 Å². The van der Waals surface area contributed by atoms with Crippen molar-refractivity contribution in [1.82, 2.24) is 10.2 Å². The quantitative estimate of drug-likeness (QED) is 0.878. The van der Waals surface area contributed by atoms with Crippen molar-refractivity contribution in [2.75, 3.05) is 25.5 Å². The Balaban J connectivity index is 1.72. The highest BCUT2D eigenvalue weighted by molar-refractivity contribution is 5.89. The van der Waals surface area contributed by atoms with E-state index in [4.69, 9.17) is 0 Å². The van der Waals surface area contributed by atoms with E-state index in [9.17, 15) is 9.18 Å². The van der Waals surface area contributed by atoms with Gasteiger partial charge in [-0.3, -0.25) is 0 Å². The topological polar surface area (TPSA) is 44.4 Å². The molecule has 1 atom stereocenters. The molecule has 2 N–H and O–H groups in total. The van der Waals surface area contributed by atoms with Crippen molar-refractivity contribution in [2.45, 2.75) is 25.3 Å². The number of halogens is 1. The summed E-state index contributed by atoms with van der Waals surface area (Å²) in [6.45, 7) is 1.74. The summed E-state index contributed by atoms with van der Waals surface area (Å²) in [6, 6.07) is 6.34. The van der Waals surface area contributed by atoms with Gasteiger partial charge in [-0.25, -0.2) is 9.18 Å². The van der Waals surface area contributed by atoms with E-state index in [1.165, 1.54) is 18.9 Å². The van der Waals surface area contributed by atoms with Crippen LogP contribution in [0.15, 0.2) is 24.3 Å². The molecule has 0 aliphatic carbocycles. The number of hydrogen-bond donors (Lipinski definition) is 2. The van der Waals surface area contributed by atoms with Gasteiger partial charge in [0.25, 0.3) is 0 Å². The van der Waals surface area contributed by atoms with Gasteiger partial charge in [0.1, 0.15) is 5.82 Å². The Morgan fingerprint density at radius 2 is 2.26 bits per heavy atom. The minimum atomic E-state index is -0.423. The Morgan fingerprint density at radius 3 is 2.95 bits per heavy atom. The Kier molecular flexibility index (Phi) is 4.74. The molecule has 1 aliphatic rings. The summed E-state index contributed by atoms with van der Waals surface area (Å²) in [5, 5.41) is 5.27. The van der Waals surface area contributed by atoms with Crippen LogP contribution >= 0.6 is 0 Å². The molecule has 4 nitrogen and oxygen atoms in total. The molecule has 19 heavy (non-hydrogen) atoms. The minimum Gasteiger partial charge on any atom is -0.338 e. The second-order valence-electron chi connectivity index (χ2n) is 4.93. The zero-order chi connectivity index (χ0) is 13.7. The highest BCUT2D eigenvalue weighted by Crippen LogP contribution is 2.17. The van der Waals surface area contributed by atoms with E-state index >= 15 is 0 Å². The first-order valence-electron chi connectivity index (χ1n) is 6.66. The molecule has 1 aliphatic heterocycles. The van der Waals surface area contributed by atoms with Gasteiger partial charge < -0.3 is 15.5 Å². The normalized spacial score (nSPS) is 19.4. The summed E-state index contributed by atoms with van der Waals surface area (Å²) in [4.78, 5) is 13.9. The summed E-state index contributed by atoms with van der Waals surface area (Å²) in [5.41, 5.74) is 0.206. The monoisotopic (exact) mass is 265 g/mol. The standard InChI is InChI=1S/C14H20FN3O/c1-18-10-4-5-11(18)8-9-16-14(19)17-13-7-3-2-6-12(13)15/h2-3,6-7,11H,4-5,8-10H2,1H3,(H2,16,17,19). The Bertz CT molecular complexity index is 438. The second-order valence-corrected chi connectivity index (χ2v) is 4.93. The number of nitrogens with zero attached hydrogens (tertiary/aromatic N) is 1. The van der Waals surface area contributed by atoms with Gasteiger partial charge in [-0.05, 0) is 45.0 Å². The van der Waals surface area contributed by atoms with Crippen LogP contribution in [0.1, 0.15) is 19.3 Å². The molecule has 2 amide bonds. The fourth-order valence-electron chi connectivity index (χ4n) is 2.43. The predicted octanol–water partition coefficient (Wildman–Crippen LogP) is 2.43. The lowest BCUT2D eigenvalue weighted by Gasteiger charge is -2.19. The number of rotatable bonds is 4. The van der Waals surface area contributed by atoms with E-state index in [0.717, 1.165) is 13.0 Å². The molecule has 1 aromatic rings. The van der Waals surface area contributed by atoms with Crippen LogP contribution in [0.3, 0.4) is 0 Å². The van der Waals surface area contributed by atoms with Gasteiger partial charge in [-0.15, -0.1) is 0 Å². The van der Waals surface area contributed by atoms with Crippen molar-refractivity contribution in [2.24, 2.45) is 0 Å². The molecular formula is C14H20FN3O. The molecule has 1 heterocycles. The molecule has 0 spiro atoms. The van der Waals surface area contributed by atoms with Crippen molar-refractivity contribution < 1.29 is 9.18 Å². The van der Waals surface area contributed by atoms with Crippen molar-refractivity contribution >= 4 is 11.7 Å². The lowest BCUT2D eigenvalue weighted by molar-refractivity contribution is 0.248. The van der Waals surface area contributed by atoms with Crippen LogP contribution in [0.25, 0.3) is 0 Å². The van der Waals surface area contributed by atoms with Gasteiger partial charge in [0.2, 0.25) is 0 Å². The number of amides is 2. The molecule has 0 saturated carbocycles. The van der Waals surface area contributed by atoms with E-state index in [1.807, 2.05) is 0 Å². The molecule has 1 unspecified atom stereocenters. The third-order valence-corrected chi connectivity index (χ3v) is 3.56. The SMILES string of the molecule is CN1CCCC1CCNC(=O)Nc1ccccc1F. The number of para-hydroxylation sites is 1. The minimum absolute atomic E-state index is 0.206. The number of hydrogen-bond acceptors (Lipinski definition) is 2. The summed E-state index contributed by atoms with van der Waals surface area (Å²) >= 11 is 0. The number of carbonyl (C=O) groups excluding carboxylic acids is 1. The van der Waals surface area contributed by atoms with Gasteiger partial charge in [-0.2, -0.15) is 0 Å². The zero-order valence-electron chi connectivity index (χ0n) is 11.2. The fourth-order valence-corrected chi connectivity index (χ4v) is 2.43. The maximum atomic E-state index is 13.3. The number of anilines is 1. The highest BCUT2D eigenvalue weighted by Gasteiger charge is 2.20. The second kappa shape index (κ2) is 6.52. The van der Waals surface area contributed by atoms with Crippen LogP contribution < -0.4 is 10.6 Å². The number of carbonyl (C=O) groups is 1. The smallest absolute Gasteiger partial charge is 0.319 e. The maximum absolute atomic E-state index is 13.3. The average molecular weight is 265 g/mol. The Hall–Kier alpha value is -1.62. The Morgan fingerprint density at radius 1 is 1.47 bits per heavy atom. The van der Waals surface area contributed by atoms with Gasteiger partial charge >= 0.3 is 6.03 Å². The number of benzene rings is 1. The van der Waals surface area contributed by atoms with E-state index in [1.54, 1.807) is 18.2 Å². The lowest BCUT2D eigenvalue weighted by atomic mass is 10.1. The molecule has 1 fully saturated rings. The van der Waals surface area contributed by atoms with Crippen LogP contribution in [0.2, 0.25) is 0 Å². The van der Waals surface area contributed by atoms with Crippen molar-refractivity contribution in [3.63, 3.8) is 0 Å². The van der Waals surface area contributed by atoms with Crippen LogP contribution in [-0.4, -0.2) is 37.1 Å². The largest absolute Gasteiger partial charge is 0.338 e. The van der Waals surface area contributed by atoms with Crippen molar-refractivity contribution in [3.8, 4) is 0 Å². The molecule has 5 heteroatoms. The third-order valence-electron chi connectivity index (χ3n) is 3.56. The third kappa shape index (κ3) is 3.92. The van der Waals surface area contributed by atoms with Crippen LogP contribution in [0.5, 0.6) is 0 Å². The average Bonchev–Trinajstić information content (AvgIpc) is 2.78. The zero-order valence-corrected chi connectivity index (χ0v) is 11.2. The Labute approximate surface area is 113 Å². The van der Waals surface area contributed by atoms with Crippen LogP contribution in [-0.2, 0) is 0 Å². The van der Waals surface area contributed by atoms with Crippen molar-refractivity contribution in [1.29, 1.82) is 0 Å². The van der Waals surface area contributed by atoms with E-state index in [2.05, 4.69) is 22.6 Å². The molecule has 0 bridgehead atoms. The van der Waals surface area contributed by atoms with Gasteiger partial charge in [0, 0.05) is 12.6 Å². The summed E-state index contributed by atoms with van der Waals surface area (Å²) < 4.78 is 13.3. The number of nitrogens with one attached hydrogen (secondary N) is 2. The highest BCUT2D eigenvalue weighted by atomic mass is 19.1. The van der Waals surface area contributed by atoms with Crippen molar-refractivity contribution in [3.05, 3.63) is 30.1 Å². The molecule has 2 rings (SSSR count). The molecule has 1 saturated heterocycles. The van der Waals surface area contributed by atoms with E-state index in [-0.39, 0.29) is 11.7 Å². The lowest BCUT2D eigenvalue weighted by Crippen LogP contribution is -2.34. The number of likely N-dealkylation sites (tertiary alicyclic amines) is 1. The fraction of sp³-hybridized carbons (Fsp3) is 0.500. The summed E-state index contributed by atoms with van der Waals surface area (Å²) in [6.07, 6.45) is 3.34. The molecule has 1 aromatic carbocycles. The molecule has 0 aromatic heterocycles. The molecule has 0 radical (unpaired) electrons. The first-order valence-corrected chi connectivity index (χ1v) is 6.66. The van der Waals surface area contributed by atoms with Gasteiger partial charge in [-0.1, -0.05) is 12.1 Å². The predicted molar refractivity (Wildman–Crippen MR) is 73.7 cm³/mol. The van der Waals surface area contributed by atoms with E-state index < -0.39 is 5.82 Å². The maximum Gasteiger partial charge on any atom is 0.319 e. The van der Waals surface area contributed by atoms with Gasteiger partial charge in [0.05, 0.1) is 5.69 Å². The van der Waals surface area contributed by atoms with Gasteiger partial charge in [0.15, 0.2) is 0 Å².